The number of hydrogen-bond acceptors (Lipinski definition) is 5. The number of para-hydroxylation sites is 1. The molecule has 148 valence electrons. The summed E-state index contributed by atoms with van der Waals surface area (Å²) in [7, 11) is -4.06. The normalized spacial score (nSPS) is 12.0. The molecule has 0 fully saturated rings. The fourth-order valence-electron chi connectivity index (χ4n) is 3.92. The van der Waals surface area contributed by atoms with E-state index >= 15 is 0 Å². The van der Waals surface area contributed by atoms with Crippen LogP contribution in [-0.2, 0) is 10.0 Å². The highest BCUT2D eigenvalue weighted by molar-refractivity contribution is 7.90. The topological polar surface area (TPSA) is 108 Å². The molecule has 0 radical (unpaired) electrons. The maximum atomic E-state index is 13.7. The van der Waals surface area contributed by atoms with Crippen molar-refractivity contribution in [2.45, 2.75) is 4.90 Å². The first-order valence-corrected chi connectivity index (χ1v) is 10.5. The van der Waals surface area contributed by atoms with Crippen LogP contribution < -0.4 is 5.73 Å². The lowest BCUT2D eigenvalue weighted by molar-refractivity contribution is -0.384. The van der Waals surface area contributed by atoms with Crippen molar-refractivity contribution in [1.29, 1.82) is 0 Å². The zero-order valence-corrected chi connectivity index (χ0v) is 16.3. The molecule has 0 amide bonds. The van der Waals surface area contributed by atoms with E-state index < -0.39 is 14.9 Å². The van der Waals surface area contributed by atoms with Crippen LogP contribution >= 0.6 is 0 Å². The summed E-state index contributed by atoms with van der Waals surface area (Å²) in [6.07, 6.45) is 0. The summed E-state index contributed by atoms with van der Waals surface area (Å²) >= 11 is 0. The van der Waals surface area contributed by atoms with Gasteiger partial charge in [0, 0.05) is 34.0 Å². The predicted octanol–water partition coefficient (Wildman–Crippen LogP) is 4.68. The molecule has 0 saturated heterocycles. The Kier molecular flexibility index (Phi) is 3.81. The second-order valence-electron chi connectivity index (χ2n) is 6.95. The molecule has 1 aromatic heterocycles. The molecule has 0 saturated carbocycles. The summed E-state index contributed by atoms with van der Waals surface area (Å²) in [5.41, 5.74) is 7.65. The Bertz CT molecular complexity index is 1590. The zero-order chi connectivity index (χ0) is 21.0. The molecule has 0 unspecified atom stereocenters. The molecular formula is C22H15N3O4S. The third-order valence-electron chi connectivity index (χ3n) is 5.23. The highest BCUT2D eigenvalue weighted by Crippen LogP contribution is 2.40. The molecular weight excluding hydrogens is 402 g/mol. The number of aromatic nitrogens is 1. The van der Waals surface area contributed by atoms with Gasteiger partial charge < -0.3 is 5.73 Å². The standard InChI is InChI=1S/C22H15N3O4S/c23-19-13-14-5-1-2-6-17(14)22-21(19)18-7-3-4-8-20(18)24(22)30(28,29)16-11-9-15(10-12-16)25(26)27/h1-13H,23H2. The Labute approximate surface area is 171 Å². The van der Waals surface area contributed by atoms with Crippen molar-refractivity contribution >= 4 is 54.0 Å². The van der Waals surface area contributed by atoms with Gasteiger partial charge >= 0.3 is 0 Å². The quantitative estimate of drug-likeness (QED) is 0.261. The molecule has 1 heterocycles. The van der Waals surface area contributed by atoms with Crippen LogP contribution in [0.2, 0.25) is 0 Å². The van der Waals surface area contributed by atoms with Crippen LogP contribution in [-0.4, -0.2) is 17.3 Å². The molecule has 5 rings (SSSR count). The van der Waals surface area contributed by atoms with E-state index in [1.165, 1.54) is 28.2 Å². The highest BCUT2D eigenvalue weighted by atomic mass is 32.2. The smallest absolute Gasteiger partial charge is 0.269 e. The predicted molar refractivity (Wildman–Crippen MR) is 117 cm³/mol. The van der Waals surface area contributed by atoms with Crippen LogP contribution in [0.3, 0.4) is 0 Å². The van der Waals surface area contributed by atoms with E-state index in [1.807, 2.05) is 42.5 Å². The molecule has 5 aromatic rings. The molecule has 0 bridgehead atoms. The molecule has 8 heteroatoms. The summed E-state index contributed by atoms with van der Waals surface area (Å²) in [4.78, 5) is 10.4. The van der Waals surface area contributed by atoms with Crippen molar-refractivity contribution in [3.63, 3.8) is 0 Å². The first kappa shape index (κ1) is 18.1. The van der Waals surface area contributed by atoms with Crippen molar-refractivity contribution < 1.29 is 13.3 Å². The van der Waals surface area contributed by atoms with Crippen molar-refractivity contribution in [1.82, 2.24) is 3.97 Å². The summed E-state index contributed by atoms with van der Waals surface area (Å²) < 4.78 is 28.7. The summed E-state index contributed by atoms with van der Waals surface area (Å²) in [5, 5.41) is 13.9. The number of nitrogens with zero attached hydrogens (tertiary/aromatic N) is 2. The van der Waals surface area contributed by atoms with E-state index in [0.717, 1.165) is 16.2 Å². The van der Waals surface area contributed by atoms with Gasteiger partial charge in [-0.3, -0.25) is 10.1 Å². The molecule has 2 N–H and O–H groups in total. The Morgan fingerprint density at radius 1 is 0.867 bits per heavy atom. The monoisotopic (exact) mass is 417 g/mol. The number of hydrogen-bond donors (Lipinski definition) is 1. The van der Waals surface area contributed by atoms with Crippen LogP contribution in [0, 0.1) is 10.1 Å². The van der Waals surface area contributed by atoms with Gasteiger partial charge in [0.05, 0.1) is 20.9 Å². The maximum Gasteiger partial charge on any atom is 0.269 e. The number of nitrogens with two attached hydrogens (primary N) is 1. The average molecular weight is 417 g/mol. The van der Waals surface area contributed by atoms with Crippen LogP contribution in [0.4, 0.5) is 11.4 Å². The number of non-ortho nitro benzene ring substituents is 1. The van der Waals surface area contributed by atoms with Crippen LogP contribution in [0.15, 0.2) is 83.8 Å². The molecule has 0 aliphatic carbocycles. The van der Waals surface area contributed by atoms with E-state index in [1.54, 1.807) is 12.1 Å². The van der Waals surface area contributed by atoms with Gasteiger partial charge in [-0.15, -0.1) is 0 Å². The lowest BCUT2D eigenvalue weighted by Crippen LogP contribution is -2.13. The Morgan fingerprint density at radius 2 is 1.50 bits per heavy atom. The molecule has 0 spiro atoms. The van der Waals surface area contributed by atoms with Gasteiger partial charge in [-0.1, -0.05) is 42.5 Å². The van der Waals surface area contributed by atoms with Gasteiger partial charge in [0.1, 0.15) is 0 Å². The second-order valence-corrected chi connectivity index (χ2v) is 8.73. The minimum absolute atomic E-state index is 0.0396. The average Bonchev–Trinajstić information content (AvgIpc) is 3.11. The maximum absolute atomic E-state index is 13.7. The highest BCUT2D eigenvalue weighted by Gasteiger charge is 2.26. The minimum atomic E-state index is -4.06. The lowest BCUT2D eigenvalue weighted by Gasteiger charge is -2.11. The number of nitrogen functional groups attached to an aromatic ring is 1. The summed E-state index contributed by atoms with van der Waals surface area (Å²) in [6, 6.07) is 21.3. The van der Waals surface area contributed by atoms with Crippen molar-refractivity contribution in [3.8, 4) is 0 Å². The zero-order valence-electron chi connectivity index (χ0n) is 15.5. The van der Waals surface area contributed by atoms with E-state index in [0.29, 0.717) is 22.1 Å². The Morgan fingerprint density at radius 3 is 2.20 bits per heavy atom. The molecule has 0 atom stereocenters. The van der Waals surface area contributed by atoms with Gasteiger partial charge in [0.2, 0.25) is 0 Å². The fourth-order valence-corrected chi connectivity index (χ4v) is 5.46. The fraction of sp³-hybridized carbons (Fsp3) is 0. The molecule has 7 nitrogen and oxygen atoms in total. The van der Waals surface area contributed by atoms with Gasteiger partial charge in [-0.25, -0.2) is 12.4 Å². The van der Waals surface area contributed by atoms with Crippen molar-refractivity contribution in [2.75, 3.05) is 5.73 Å². The van der Waals surface area contributed by atoms with Gasteiger partial charge in [0.25, 0.3) is 15.7 Å². The van der Waals surface area contributed by atoms with Crippen LogP contribution in [0.25, 0.3) is 32.6 Å². The largest absolute Gasteiger partial charge is 0.398 e. The molecule has 30 heavy (non-hydrogen) atoms. The van der Waals surface area contributed by atoms with E-state index in [-0.39, 0.29) is 10.6 Å². The molecule has 4 aromatic carbocycles. The first-order valence-electron chi connectivity index (χ1n) is 9.10. The lowest BCUT2D eigenvalue weighted by atomic mass is 10.0. The van der Waals surface area contributed by atoms with E-state index in [4.69, 9.17) is 5.73 Å². The van der Waals surface area contributed by atoms with Gasteiger partial charge in [0.15, 0.2) is 0 Å². The number of rotatable bonds is 3. The number of benzene rings is 4. The van der Waals surface area contributed by atoms with Gasteiger partial charge in [-0.2, -0.15) is 0 Å². The second kappa shape index (κ2) is 6.30. The third kappa shape index (κ3) is 2.47. The molecule has 0 aliphatic heterocycles. The Hall–Kier alpha value is -3.91. The van der Waals surface area contributed by atoms with Crippen LogP contribution in [0.5, 0.6) is 0 Å². The SMILES string of the molecule is Nc1cc2ccccc2c2c1c1ccccc1n2S(=O)(=O)c1ccc([N+](=O)[O-])cc1. The number of anilines is 1. The number of nitro benzene ring substituents is 1. The summed E-state index contributed by atoms with van der Waals surface area (Å²) in [5.74, 6) is 0. The van der Waals surface area contributed by atoms with E-state index in [9.17, 15) is 18.5 Å². The number of fused-ring (bicyclic) bond motifs is 5. The van der Waals surface area contributed by atoms with Crippen LogP contribution in [0.1, 0.15) is 0 Å². The number of nitro groups is 1. The summed E-state index contributed by atoms with van der Waals surface area (Å²) in [6.45, 7) is 0. The first-order chi connectivity index (χ1) is 14.4. The van der Waals surface area contributed by atoms with Crippen molar-refractivity contribution in [3.05, 3.63) is 89.0 Å². The van der Waals surface area contributed by atoms with Gasteiger partial charge in [-0.05, 0) is 29.7 Å². The third-order valence-corrected chi connectivity index (χ3v) is 6.96. The van der Waals surface area contributed by atoms with E-state index in [2.05, 4.69) is 0 Å². The van der Waals surface area contributed by atoms with Crippen molar-refractivity contribution in [2.24, 2.45) is 0 Å². The minimum Gasteiger partial charge on any atom is -0.398 e. The Balaban J connectivity index is 1.95. The molecule has 0 aliphatic rings.